The van der Waals surface area contributed by atoms with Gasteiger partial charge in [0.25, 0.3) is 0 Å². The second-order valence-electron chi connectivity index (χ2n) is 2.24. The maximum Gasteiger partial charge on any atom is 0.433 e. The Morgan fingerprint density at radius 3 is 2.67 bits per heavy atom. The van der Waals surface area contributed by atoms with Gasteiger partial charge in [0.2, 0.25) is 0 Å². The Morgan fingerprint density at radius 2 is 2.25 bits per heavy atom. The van der Waals surface area contributed by atoms with Crippen molar-refractivity contribution >= 4 is 23.6 Å². The molecule has 0 aromatic heterocycles. The monoisotopic (exact) mass is 190 g/mol. The van der Waals surface area contributed by atoms with Crippen LogP contribution in [0, 0.1) is 0 Å². The average molecular weight is 190 g/mol. The zero-order valence-corrected chi connectivity index (χ0v) is 8.57. The van der Waals surface area contributed by atoms with E-state index in [-0.39, 0.29) is 5.25 Å². The lowest BCUT2D eigenvalue weighted by Crippen LogP contribution is -2.18. The molecule has 5 heteroatoms. The molecule has 0 spiro atoms. The van der Waals surface area contributed by atoms with E-state index in [4.69, 9.17) is 0 Å². The molecule has 0 aliphatic heterocycles. The fourth-order valence-electron chi connectivity index (χ4n) is 0.404. The average Bonchev–Trinajstić information content (AvgIpc) is 2.11. The SMILES string of the molecule is CNC(=O)ON=C(C)C(C)SC. The first-order valence-corrected chi connectivity index (χ1v) is 4.86. The number of hydrogen-bond acceptors (Lipinski definition) is 4. The third kappa shape index (κ3) is 4.23. The minimum absolute atomic E-state index is 0.273. The summed E-state index contributed by atoms with van der Waals surface area (Å²) in [6.07, 6.45) is 1.44. The van der Waals surface area contributed by atoms with E-state index in [0.717, 1.165) is 5.71 Å². The van der Waals surface area contributed by atoms with Crippen LogP contribution in [0.3, 0.4) is 0 Å². The summed E-state index contributed by atoms with van der Waals surface area (Å²) in [4.78, 5) is 15.1. The van der Waals surface area contributed by atoms with Gasteiger partial charge in [-0.3, -0.25) is 4.84 Å². The van der Waals surface area contributed by atoms with E-state index in [1.54, 1.807) is 11.8 Å². The van der Waals surface area contributed by atoms with Gasteiger partial charge in [0.05, 0.1) is 5.71 Å². The maximum absolute atomic E-state index is 10.6. The highest BCUT2D eigenvalue weighted by Gasteiger charge is 2.04. The molecular formula is C7H14N2O2S. The quantitative estimate of drug-likeness (QED) is 0.416. The van der Waals surface area contributed by atoms with Crippen LogP contribution in [0.15, 0.2) is 5.16 Å². The molecule has 1 unspecified atom stereocenters. The van der Waals surface area contributed by atoms with E-state index >= 15 is 0 Å². The molecule has 0 radical (unpaired) electrons. The number of rotatable bonds is 3. The van der Waals surface area contributed by atoms with Crippen LogP contribution >= 0.6 is 11.8 Å². The third-order valence-electron chi connectivity index (χ3n) is 1.42. The zero-order valence-electron chi connectivity index (χ0n) is 7.75. The minimum atomic E-state index is -0.539. The summed E-state index contributed by atoms with van der Waals surface area (Å²) in [5.74, 6) is 0. The summed E-state index contributed by atoms with van der Waals surface area (Å²) >= 11 is 1.65. The van der Waals surface area contributed by atoms with Crippen LogP contribution in [0.4, 0.5) is 4.79 Å². The molecule has 70 valence electrons. The Bertz CT molecular complexity index is 182. The molecule has 0 aromatic carbocycles. The second kappa shape index (κ2) is 5.88. The van der Waals surface area contributed by atoms with Crippen LogP contribution in [0.25, 0.3) is 0 Å². The highest BCUT2D eigenvalue weighted by atomic mass is 32.2. The summed E-state index contributed by atoms with van der Waals surface area (Å²) in [6, 6.07) is 0. The summed E-state index contributed by atoms with van der Waals surface area (Å²) < 4.78 is 0. The van der Waals surface area contributed by atoms with Crippen LogP contribution < -0.4 is 5.32 Å². The highest BCUT2D eigenvalue weighted by Crippen LogP contribution is 2.06. The Labute approximate surface area is 76.7 Å². The molecule has 0 saturated heterocycles. The van der Waals surface area contributed by atoms with Crippen LogP contribution in [-0.2, 0) is 4.84 Å². The van der Waals surface area contributed by atoms with Gasteiger partial charge in [0.1, 0.15) is 0 Å². The molecule has 1 amide bonds. The number of carbonyl (C=O) groups excluding carboxylic acids is 1. The van der Waals surface area contributed by atoms with Gasteiger partial charge in [-0.25, -0.2) is 4.79 Å². The summed E-state index contributed by atoms with van der Waals surface area (Å²) in [7, 11) is 1.49. The molecule has 12 heavy (non-hydrogen) atoms. The van der Waals surface area contributed by atoms with Crippen molar-refractivity contribution in [2.45, 2.75) is 19.1 Å². The molecule has 0 bridgehead atoms. The number of hydrogen-bond donors (Lipinski definition) is 1. The van der Waals surface area contributed by atoms with E-state index in [2.05, 4.69) is 15.3 Å². The van der Waals surface area contributed by atoms with Crippen LogP contribution in [0.1, 0.15) is 13.8 Å². The van der Waals surface area contributed by atoms with Crippen molar-refractivity contribution in [3.63, 3.8) is 0 Å². The lowest BCUT2D eigenvalue weighted by atomic mass is 10.3. The standard InChI is InChI=1S/C7H14N2O2S/c1-5(6(2)12-4)9-11-7(10)8-3/h6H,1-4H3,(H,8,10). The Morgan fingerprint density at radius 1 is 1.67 bits per heavy atom. The largest absolute Gasteiger partial charge is 0.433 e. The maximum atomic E-state index is 10.6. The molecule has 4 nitrogen and oxygen atoms in total. The Hall–Kier alpha value is -0.710. The molecule has 1 atom stereocenters. The van der Waals surface area contributed by atoms with E-state index in [1.165, 1.54) is 7.05 Å². The minimum Gasteiger partial charge on any atom is -0.323 e. The zero-order chi connectivity index (χ0) is 9.56. The van der Waals surface area contributed by atoms with Gasteiger partial charge in [-0.15, -0.1) is 0 Å². The second-order valence-corrected chi connectivity index (χ2v) is 3.42. The summed E-state index contributed by atoms with van der Waals surface area (Å²) in [5, 5.41) is 6.22. The van der Waals surface area contributed by atoms with E-state index in [0.29, 0.717) is 0 Å². The van der Waals surface area contributed by atoms with Crippen molar-refractivity contribution in [2.75, 3.05) is 13.3 Å². The molecule has 0 fully saturated rings. The number of nitrogens with one attached hydrogen (secondary N) is 1. The van der Waals surface area contributed by atoms with Gasteiger partial charge < -0.3 is 5.32 Å². The predicted molar refractivity (Wildman–Crippen MR) is 51.6 cm³/mol. The first-order valence-electron chi connectivity index (χ1n) is 3.57. The predicted octanol–water partition coefficient (Wildman–Crippen LogP) is 1.47. The summed E-state index contributed by atoms with van der Waals surface area (Å²) in [5.41, 5.74) is 0.797. The van der Waals surface area contributed by atoms with Gasteiger partial charge in [-0.1, -0.05) is 5.16 Å². The summed E-state index contributed by atoms with van der Waals surface area (Å²) in [6.45, 7) is 3.82. The highest BCUT2D eigenvalue weighted by molar-refractivity contribution is 7.99. The lowest BCUT2D eigenvalue weighted by molar-refractivity contribution is 0.153. The topological polar surface area (TPSA) is 50.7 Å². The fourth-order valence-corrected chi connectivity index (χ4v) is 0.788. The van der Waals surface area contributed by atoms with Crippen molar-refractivity contribution < 1.29 is 9.63 Å². The van der Waals surface area contributed by atoms with Gasteiger partial charge in [-0.2, -0.15) is 11.8 Å². The van der Waals surface area contributed by atoms with E-state index < -0.39 is 6.09 Å². The van der Waals surface area contributed by atoms with Crippen LogP contribution in [0.2, 0.25) is 0 Å². The van der Waals surface area contributed by atoms with Crippen LogP contribution in [-0.4, -0.2) is 30.4 Å². The molecule has 1 N–H and O–H groups in total. The number of carbonyl (C=O) groups is 1. The van der Waals surface area contributed by atoms with E-state index in [9.17, 15) is 4.79 Å². The van der Waals surface area contributed by atoms with Crippen molar-refractivity contribution in [1.82, 2.24) is 5.32 Å². The number of oxime groups is 1. The third-order valence-corrected chi connectivity index (χ3v) is 2.47. The molecular weight excluding hydrogens is 176 g/mol. The molecule has 0 aliphatic carbocycles. The normalized spacial score (nSPS) is 13.8. The molecule has 0 aromatic rings. The number of amides is 1. The van der Waals surface area contributed by atoms with Crippen LogP contribution in [0.5, 0.6) is 0 Å². The van der Waals surface area contributed by atoms with Crippen molar-refractivity contribution in [2.24, 2.45) is 5.16 Å². The number of nitrogens with zero attached hydrogens (tertiary/aromatic N) is 1. The van der Waals surface area contributed by atoms with Crippen molar-refractivity contribution in [1.29, 1.82) is 0 Å². The van der Waals surface area contributed by atoms with Gasteiger partial charge in [0.15, 0.2) is 0 Å². The van der Waals surface area contributed by atoms with Crippen molar-refractivity contribution in [3.05, 3.63) is 0 Å². The molecule has 0 saturated carbocycles. The first-order chi connectivity index (χ1) is 5.61. The first kappa shape index (κ1) is 11.3. The van der Waals surface area contributed by atoms with Gasteiger partial charge in [0, 0.05) is 12.3 Å². The molecule has 0 aliphatic rings. The molecule has 0 rings (SSSR count). The smallest absolute Gasteiger partial charge is 0.323 e. The Kier molecular flexibility index (Phi) is 5.53. The number of thioether (sulfide) groups is 1. The lowest BCUT2D eigenvalue weighted by Gasteiger charge is -2.05. The van der Waals surface area contributed by atoms with Crippen molar-refractivity contribution in [3.8, 4) is 0 Å². The molecule has 0 heterocycles. The van der Waals surface area contributed by atoms with Gasteiger partial charge >= 0.3 is 6.09 Å². The fraction of sp³-hybridized carbons (Fsp3) is 0.714. The van der Waals surface area contributed by atoms with Gasteiger partial charge in [-0.05, 0) is 20.1 Å². The Balaban J connectivity index is 3.91. The van der Waals surface area contributed by atoms with E-state index in [1.807, 2.05) is 20.1 Å².